The molecule has 0 radical (unpaired) electrons. The first-order valence-corrected chi connectivity index (χ1v) is 7.82. The van der Waals surface area contributed by atoms with E-state index in [1.807, 2.05) is 0 Å². The summed E-state index contributed by atoms with van der Waals surface area (Å²) in [4.78, 5) is 11.0. The average molecular weight is 274 g/mol. The highest BCUT2D eigenvalue weighted by Crippen LogP contribution is 2.46. The molecule has 2 aliphatic rings. The minimum atomic E-state index is 0.377. The topological polar surface area (TPSA) is 63.8 Å². The molecule has 19 heavy (non-hydrogen) atoms. The fraction of sp³-hybridized carbons (Fsp3) is 0.571. The molecule has 0 spiro atoms. The van der Waals surface area contributed by atoms with E-state index in [-0.39, 0.29) is 0 Å². The van der Waals surface area contributed by atoms with Gasteiger partial charge in [0.15, 0.2) is 0 Å². The average Bonchev–Trinajstić information content (AvgIpc) is 3.23. The van der Waals surface area contributed by atoms with Crippen LogP contribution in [0.15, 0.2) is 6.07 Å². The van der Waals surface area contributed by atoms with Crippen LogP contribution in [0.25, 0.3) is 10.2 Å². The zero-order chi connectivity index (χ0) is 13.0. The predicted octanol–water partition coefficient (Wildman–Crippen LogP) is 3.18. The molecule has 0 saturated heterocycles. The Labute approximate surface area is 116 Å². The van der Waals surface area contributed by atoms with E-state index in [2.05, 4.69) is 28.3 Å². The molecule has 0 amide bonds. The lowest BCUT2D eigenvalue weighted by Gasteiger charge is -2.18. The van der Waals surface area contributed by atoms with Crippen LogP contribution in [0, 0.1) is 18.8 Å². The molecule has 2 heterocycles. The van der Waals surface area contributed by atoms with Crippen molar-refractivity contribution in [1.82, 2.24) is 9.97 Å². The molecule has 2 aromatic rings. The van der Waals surface area contributed by atoms with Crippen LogP contribution in [-0.4, -0.2) is 16.0 Å². The molecule has 5 heteroatoms. The Bertz CT molecular complexity index is 616. The molecule has 0 aromatic carbocycles. The van der Waals surface area contributed by atoms with Gasteiger partial charge in [-0.25, -0.2) is 4.98 Å². The Morgan fingerprint density at radius 2 is 1.95 bits per heavy atom. The van der Waals surface area contributed by atoms with Crippen LogP contribution in [0.5, 0.6) is 0 Å². The van der Waals surface area contributed by atoms with Crippen LogP contribution in [0.4, 0.5) is 11.8 Å². The van der Waals surface area contributed by atoms with E-state index in [4.69, 9.17) is 5.73 Å². The van der Waals surface area contributed by atoms with Crippen molar-refractivity contribution in [3.8, 4) is 0 Å². The highest BCUT2D eigenvalue weighted by molar-refractivity contribution is 7.18. The number of rotatable bonds is 4. The van der Waals surface area contributed by atoms with E-state index >= 15 is 0 Å². The van der Waals surface area contributed by atoms with Crippen LogP contribution >= 0.6 is 11.3 Å². The Morgan fingerprint density at radius 1 is 1.26 bits per heavy atom. The monoisotopic (exact) mass is 274 g/mol. The zero-order valence-electron chi connectivity index (χ0n) is 11.0. The second-order valence-corrected chi connectivity index (χ2v) is 7.09. The largest absolute Gasteiger partial charge is 0.368 e. The minimum absolute atomic E-state index is 0.377. The molecular formula is C14H18N4S. The molecule has 0 unspecified atom stereocenters. The summed E-state index contributed by atoms with van der Waals surface area (Å²) in [5, 5.41) is 4.80. The molecule has 0 aliphatic heterocycles. The van der Waals surface area contributed by atoms with Gasteiger partial charge in [-0.05, 0) is 50.5 Å². The number of nitrogens with two attached hydrogens (primary N) is 1. The number of nitrogens with one attached hydrogen (secondary N) is 1. The SMILES string of the molecule is Cc1cc2c(NC(C3CC3)C3CC3)nc(N)nc2s1. The van der Waals surface area contributed by atoms with Gasteiger partial charge in [-0.1, -0.05) is 0 Å². The molecular weight excluding hydrogens is 256 g/mol. The summed E-state index contributed by atoms with van der Waals surface area (Å²) >= 11 is 1.68. The second-order valence-electron chi connectivity index (χ2n) is 5.85. The third-order valence-corrected chi connectivity index (χ3v) is 5.04. The normalized spacial score (nSPS) is 19.3. The lowest BCUT2D eigenvalue weighted by molar-refractivity contribution is 0.566. The number of hydrogen-bond acceptors (Lipinski definition) is 5. The first kappa shape index (κ1) is 11.5. The van der Waals surface area contributed by atoms with Crippen LogP contribution in [0.3, 0.4) is 0 Å². The van der Waals surface area contributed by atoms with Gasteiger partial charge in [0.25, 0.3) is 0 Å². The van der Waals surface area contributed by atoms with Gasteiger partial charge in [0.05, 0.1) is 5.39 Å². The van der Waals surface area contributed by atoms with Gasteiger partial charge in [0.1, 0.15) is 10.6 Å². The summed E-state index contributed by atoms with van der Waals surface area (Å²) < 4.78 is 0. The first-order chi connectivity index (χ1) is 9.20. The number of anilines is 2. The van der Waals surface area contributed by atoms with E-state index < -0.39 is 0 Å². The number of aromatic nitrogens is 2. The lowest BCUT2D eigenvalue weighted by Crippen LogP contribution is -2.25. The Balaban J connectivity index is 1.72. The molecule has 3 N–H and O–H groups in total. The summed E-state index contributed by atoms with van der Waals surface area (Å²) in [6.45, 7) is 2.10. The van der Waals surface area contributed by atoms with Gasteiger partial charge in [0, 0.05) is 10.9 Å². The fourth-order valence-electron chi connectivity index (χ4n) is 2.86. The van der Waals surface area contributed by atoms with Crippen molar-refractivity contribution in [2.45, 2.75) is 38.6 Å². The molecule has 0 atom stereocenters. The molecule has 4 nitrogen and oxygen atoms in total. The molecule has 2 aliphatic carbocycles. The van der Waals surface area contributed by atoms with Crippen molar-refractivity contribution in [2.24, 2.45) is 11.8 Å². The second kappa shape index (κ2) is 4.07. The zero-order valence-corrected chi connectivity index (χ0v) is 11.8. The number of hydrogen-bond donors (Lipinski definition) is 2. The highest BCUT2D eigenvalue weighted by atomic mass is 32.1. The maximum Gasteiger partial charge on any atom is 0.223 e. The summed E-state index contributed by atoms with van der Waals surface area (Å²) in [7, 11) is 0. The van der Waals surface area contributed by atoms with E-state index in [0.717, 1.165) is 27.9 Å². The summed E-state index contributed by atoms with van der Waals surface area (Å²) in [5.41, 5.74) is 5.84. The molecule has 4 rings (SSSR count). The number of fused-ring (bicyclic) bond motifs is 1. The van der Waals surface area contributed by atoms with Gasteiger partial charge < -0.3 is 11.1 Å². The van der Waals surface area contributed by atoms with E-state index in [9.17, 15) is 0 Å². The van der Waals surface area contributed by atoms with Gasteiger partial charge in [0.2, 0.25) is 5.95 Å². The molecule has 2 fully saturated rings. The van der Waals surface area contributed by atoms with Gasteiger partial charge in [-0.15, -0.1) is 11.3 Å². The number of nitrogen functional groups attached to an aromatic ring is 1. The molecule has 100 valence electrons. The van der Waals surface area contributed by atoms with Crippen molar-refractivity contribution in [3.63, 3.8) is 0 Å². The van der Waals surface area contributed by atoms with Crippen LogP contribution in [-0.2, 0) is 0 Å². The van der Waals surface area contributed by atoms with Crippen molar-refractivity contribution < 1.29 is 0 Å². The first-order valence-electron chi connectivity index (χ1n) is 7.01. The molecule has 2 aromatic heterocycles. The van der Waals surface area contributed by atoms with E-state index in [1.165, 1.54) is 30.6 Å². The van der Waals surface area contributed by atoms with Crippen molar-refractivity contribution in [3.05, 3.63) is 10.9 Å². The van der Waals surface area contributed by atoms with Gasteiger partial charge in [-0.3, -0.25) is 0 Å². The predicted molar refractivity (Wildman–Crippen MR) is 79.4 cm³/mol. The maximum atomic E-state index is 5.84. The van der Waals surface area contributed by atoms with Crippen molar-refractivity contribution in [1.29, 1.82) is 0 Å². The van der Waals surface area contributed by atoms with E-state index in [0.29, 0.717) is 12.0 Å². The Hall–Kier alpha value is -1.36. The van der Waals surface area contributed by atoms with Crippen LogP contribution in [0.1, 0.15) is 30.6 Å². The Kier molecular flexibility index (Phi) is 2.45. The summed E-state index contributed by atoms with van der Waals surface area (Å²) in [6.07, 6.45) is 5.45. The maximum absolute atomic E-state index is 5.84. The van der Waals surface area contributed by atoms with E-state index in [1.54, 1.807) is 11.3 Å². The van der Waals surface area contributed by atoms with Crippen LogP contribution in [0.2, 0.25) is 0 Å². The minimum Gasteiger partial charge on any atom is -0.368 e. The summed E-state index contributed by atoms with van der Waals surface area (Å²) in [6, 6.07) is 2.76. The standard InChI is InChI=1S/C14H18N4S/c1-7-6-10-12(17-14(15)18-13(10)19-7)16-11(8-2-3-8)9-4-5-9/h6,8-9,11H,2-5H2,1H3,(H3,15,16,17,18). The third kappa shape index (κ3) is 2.16. The summed E-state index contributed by atoms with van der Waals surface area (Å²) in [5.74, 6) is 3.01. The molecule has 0 bridgehead atoms. The van der Waals surface area contributed by atoms with Gasteiger partial charge in [-0.2, -0.15) is 4.98 Å². The third-order valence-electron chi connectivity index (χ3n) is 4.10. The number of nitrogens with zero attached hydrogens (tertiary/aromatic N) is 2. The van der Waals surface area contributed by atoms with Crippen LogP contribution < -0.4 is 11.1 Å². The highest BCUT2D eigenvalue weighted by Gasteiger charge is 2.41. The van der Waals surface area contributed by atoms with Crippen molar-refractivity contribution in [2.75, 3.05) is 11.1 Å². The van der Waals surface area contributed by atoms with Gasteiger partial charge >= 0.3 is 0 Å². The smallest absolute Gasteiger partial charge is 0.223 e. The quantitative estimate of drug-likeness (QED) is 0.898. The Morgan fingerprint density at radius 3 is 2.58 bits per heavy atom. The molecule has 2 saturated carbocycles. The number of thiophene rings is 1. The lowest BCUT2D eigenvalue weighted by atomic mass is 10.1. The number of aryl methyl sites for hydroxylation is 1. The van der Waals surface area contributed by atoms with Crippen molar-refractivity contribution >= 4 is 33.3 Å². The fourth-order valence-corrected chi connectivity index (χ4v) is 3.74.